The van der Waals surface area contributed by atoms with Gasteiger partial charge in [-0.3, -0.25) is 9.36 Å². The van der Waals surface area contributed by atoms with E-state index in [0.717, 1.165) is 68.7 Å². The predicted octanol–water partition coefficient (Wildman–Crippen LogP) is 10.7. The van der Waals surface area contributed by atoms with E-state index >= 15 is 0 Å². The van der Waals surface area contributed by atoms with Crippen LogP contribution in [0.3, 0.4) is 0 Å². The van der Waals surface area contributed by atoms with Crippen molar-refractivity contribution in [1.29, 1.82) is 0 Å². The number of aromatic nitrogens is 6. The first-order valence-electron chi connectivity index (χ1n) is 20.9. The molecule has 0 aliphatic carbocycles. The first kappa shape index (κ1) is 39.2. The SMILES string of the molecule is CCCCc1nc2ccc(C(OC)c3ccccc3)cc2c(=O)n1Cc1ccc(-c2ccccc2-c2nnnn2C(c2ccccc2)(c2ccccc2)c2ccccc2)cc1. The smallest absolute Gasteiger partial charge is 0.261 e. The van der Waals surface area contributed by atoms with Gasteiger partial charge in [-0.15, -0.1) is 5.10 Å². The lowest BCUT2D eigenvalue weighted by Gasteiger charge is -2.36. The fourth-order valence-corrected chi connectivity index (χ4v) is 8.62. The number of nitrogens with zero attached hydrogens (tertiary/aromatic N) is 6. The second-order valence-corrected chi connectivity index (χ2v) is 15.3. The Kier molecular flexibility index (Phi) is 11.3. The zero-order chi connectivity index (χ0) is 41.6. The van der Waals surface area contributed by atoms with Gasteiger partial charge in [0.2, 0.25) is 0 Å². The van der Waals surface area contributed by atoms with E-state index in [4.69, 9.17) is 20.0 Å². The Bertz CT molecular complexity index is 2830. The molecule has 0 N–H and O–H groups in total. The van der Waals surface area contributed by atoms with Gasteiger partial charge in [0.05, 0.1) is 17.4 Å². The maximum absolute atomic E-state index is 14.5. The summed E-state index contributed by atoms with van der Waals surface area (Å²) < 4.78 is 9.75. The van der Waals surface area contributed by atoms with Crippen molar-refractivity contribution in [2.24, 2.45) is 0 Å². The molecule has 300 valence electrons. The standard InChI is InChI=1S/C53H46N6O2/c1-3-4-29-49-54-48-35-34-41(50(61-2)40-19-9-5-10-20-40)36-47(48)52(60)58(49)37-38-30-32-39(33-31-38)45-27-17-18-28-46(45)51-55-56-57-59(51)53(42-21-11-6-12-22-42,43-23-13-7-14-24-43)44-25-15-8-16-26-44/h5-28,30-36,50H,3-4,29,37H2,1-2H3. The maximum atomic E-state index is 14.5. The van der Waals surface area contributed by atoms with E-state index in [1.807, 2.05) is 88.1 Å². The van der Waals surface area contributed by atoms with Gasteiger partial charge in [0.1, 0.15) is 17.5 Å². The summed E-state index contributed by atoms with van der Waals surface area (Å²) in [5.74, 6) is 1.42. The number of unbranched alkanes of at least 4 members (excludes halogenated alkanes) is 1. The molecule has 2 heterocycles. The Morgan fingerprint density at radius 3 is 1.80 bits per heavy atom. The molecule has 8 nitrogen and oxygen atoms in total. The molecule has 0 saturated heterocycles. The summed E-state index contributed by atoms with van der Waals surface area (Å²) in [7, 11) is 1.70. The molecule has 7 aromatic carbocycles. The Balaban J connectivity index is 1.11. The summed E-state index contributed by atoms with van der Waals surface area (Å²) in [6.45, 7) is 2.55. The monoisotopic (exact) mass is 798 g/mol. The van der Waals surface area contributed by atoms with Crippen LogP contribution in [0, 0.1) is 0 Å². The van der Waals surface area contributed by atoms with Gasteiger partial charge in [0.25, 0.3) is 5.56 Å². The third-order valence-electron chi connectivity index (χ3n) is 11.6. The Hall–Kier alpha value is -7.29. The highest BCUT2D eigenvalue weighted by Crippen LogP contribution is 2.43. The lowest BCUT2D eigenvalue weighted by Crippen LogP contribution is -2.39. The largest absolute Gasteiger partial charge is 0.372 e. The molecule has 8 heteroatoms. The van der Waals surface area contributed by atoms with E-state index < -0.39 is 5.54 Å². The van der Waals surface area contributed by atoms with Crippen molar-refractivity contribution in [3.8, 4) is 22.5 Å². The van der Waals surface area contributed by atoms with Crippen LogP contribution < -0.4 is 5.56 Å². The van der Waals surface area contributed by atoms with E-state index in [-0.39, 0.29) is 11.7 Å². The van der Waals surface area contributed by atoms with Crippen LogP contribution in [0.2, 0.25) is 0 Å². The Labute approximate surface area is 355 Å². The lowest BCUT2D eigenvalue weighted by molar-refractivity contribution is 0.136. The third kappa shape index (κ3) is 7.47. The van der Waals surface area contributed by atoms with Crippen LogP contribution in [0.5, 0.6) is 0 Å². The fraction of sp³-hybridized carbons (Fsp3) is 0.151. The third-order valence-corrected chi connectivity index (χ3v) is 11.6. The van der Waals surface area contributed by atoms with Crippen molar-refractivity contribution >= 4 is 10.9 Å². The topological polar surface area (TPSA) is 87.7 Å². The molecule has 0 spiro atoms. The number of benzene rings is 7. The number of hydrogen-bond donors (Lipinski definition) is 0. The van der Waals surface area contributed by atoms with Crippen molar-refractivity contribution in [3.05, 3.63) is 238 Å². The normalized spacial score (nSPS) is 12.1. The zero-order valence-corrected chi connectivity index (χ0v) is 34.3. The average molecular weight is 799 g/mol. The summed E-state index contributed by atoms with van der Waals surface area (Å²) in [5, 5.41) is 14.5. The van der Waals surface area contributed by atoms with Crippen LogP contribution in [-0.4, -0.2) is 36.9 Å². The number of ether oxygens (including phenoxy) is 1. The van der Waals surface area contributed by atoms with Crippen molar-refractivity contribution in [2.75, 3.05) is 7.11 Å². The van der Waals surface area contributed by atoms with E-state index in [2.05, 4.69) is 121 Å². The van der Waals surface area contributed by atoms with Crippen LogP contribution >= 0.6 is 0 Å². The molecule has 2 aromatic heterocycles. The molecule has 9 rings (SSSR count). The first-order valence-corrected chi connectivity index (χ1v) is 20.9. The molecule has 61 heavy (non-hydrogen) atoms. The molecule has 1 unspecified atom stereocenters. The minimum atomic E-state index is -0.886. The second-order valence-electron chi connectivity index (χ2n) is 15.3. The average Bonchev–Trinajstić information content (AvgIpc) is 3.82. The molecule has 0 aliphatic heterocycles. The van der Waals surface area contributed by atoms with Gasteiger partial charge in [-0.2, -0.15) is 0 Å². The molecule has 1 atom stereocenters. The molecular weight excluding hydrogens is 753 g/mol. The summed E-state index contributed by atoms with van der Waals surface area (Å²) >= 11 is 0. The number of rotatable bonds is 14. The maximum Gasteiger partial charge on any atom is 0.261 e. The number of tetrazole rings is 1. The lowest BCUT2D eigenvalue weighted by atomic mass is 9.77. The molecule has 0 radical (unpaired) electrons. The van der Waals surface area contributed by atoms with Gasteiger partial charge in [-0.25, -0.2) is 9.67 Å². The highest BCUT2D eigenvalue weighted by Gasteiger charge is 2.42. The van der Waals surface area contributed by atoms with Crippen molar-refractivity contribution in [1.82, 2.24) is 29.8 Å². The summed E-state index contributed by atoms with van der Waals surface area (Å²) in [4.78, 5) is 19.5. The Morgan fingerprint density at radius 2 is 1.21 bits per heavy atom. The van der Waals surface area contributed by atoms with Crippen LogP contribution in [-0.2, 0) is 23.2 Å². The predicted molar refractivity (Wildman–Crippen MR) is 242 cm³/mol. The highest BCUT2D eigenvalue weighted by molar-refractivity contribution is 5.81. The first-order chi connectivity index (χ1) is 30.1. The number of aryl methyl sites for hydroxylation is 1. The van der Waals surface area contributed by atoms with Crippen LogP contribution in [0.25, 0.3) is 33.4 Å². The Morgan fingerprint density at radius 1 is 0.639 bits per heavy atom. The van der Waals surface area contributed by atoms with Crippen molar-refractivity contribution < 1.29 is 4.74 Å². The molecule has 0 saturated carbocycles. The summed E-state index contributed by atoms with van der Waals surface area (Å²) in [6, 6.07) is 64.0. The van der Waals surface area contributed by atoms with E-state index in [9.17, 15) is 4.79 Å². The number of fused-ring (bicyclic) bond motifs is 1. The molecule has 0 bridgehead atoms. The van der Waals surface area contributed by atoms with Gasteiger partial charge in [-0.1, -0.05) is 189 Å². The van der Waals surface area contributed by atoms with Gasteiger partial charge in [0, 0.05) is 19.1 Å². The molecule has 0 aliphatic rings. The van der Waals surface area contributed by atoms with E-state index in [1.54, 1.807) is 7.11 Å². The fourth-order valence-electron chi connectivity index (χ4n) is 8.62. The van der Waals surface area contributed by atoms with Crippen LogP contribution in [0.4, 0.5) is 0 Å². The van der Waals surface area contributed by atoms with E-state index in [1.165, 1.54) is 0 Å². The minimum Gasteiger partial charge on any atom is -0.372 e. The number of hydrogen-bond acceptors (Lipinski definition) is 6. The van der Waals surface area contributed by atoms with Gasteiger partial charge >= 0.3 is 0 Å². The van der Waals surface area contributed by atoms with Crippen LogP contribution in [0.1, 0.15) is 65.1 Å². The summed E-state index contributed by atoms with van der Waals surface area (Å²) in [5.41, 5.74) is 8.68. The van der Waals surface area contributed by atoms with Gasteiger partial charge in [-0.05, 0) is 73.5 Å². The summed E-state index contributed by atoms with van der Waals surface area (Å²) in [6.07, 6.45) is 2.35. The van der Waals surface area contributed by atoms with E-state index in [0.29, 0.717) is 29.7 Å². The molecule has 0 amide bonds. The quantitative estimate of drug-likeness (QED) is 0.102. The number of methoxy groups -OCH3 is 1. The minimum absolute atomic E-state index is 0.0548. The second kappa shape index (κ2) is 17.5. The molecule has 9 aromatic rings. The van der Waals surface area contributed by atoms with Crippen LogP contribution in [0.15, 0.2) is 193 Å². The molecular formula is C53H46N6O2. The molecule has 0 fully saturated rings. The van der Waals surface area contributed by atoms with Gasteiger partial charge in [0.15, 0.2) is 5.82 Å². The highest BCUT2D eigenvalue weighted by atomic mass is 16.5. The van der Waals surface area contributed by atoms with Gasteiger partial charge < -0.3 is 4.74 Å². The van der Waals surface area contributed by atoms with Crippen molar-refractivity contribution in [3.63, 3.8) is 0 Å². The zero-order valence-electron chi connectivity index (χ0n) is 34.3. The van der Waals surface area contributed by atoms with Crippen molar-refractivity contribution in [2.45, 2.75) is 44.4 Å².